The Hall–Kier alpha value is -3.10. The van der Waals surface area contributed by atoms with Crippen molar-refractivity contribution in [3.8, 4) is 11.5 Å². The Balaban J connectivity index is 2.15. The van der Waals surface area contributed by atoms with Crippen LogP contribution in [0.5, 0.6) is 11.5 Å². The Labute approximate surface area is 137 Å². The Kier molecular flexibility index (Phi) is 5.35. The molecule has 0 saturated heterocycles. The van der Waals surface area contributed by atoms with Crippen LogP contribution in [0.25, 0.3) is 0 Å². The maximum atomic E-state index is 12.1. The normalized spacial score (nSPS) is 10.3. The summed E-state index contributed by atoms with van der Waals surface area (Å²) in [5.41, 5.74) is 0.177. The van der Waals surface area contributed by atoms with Crippen LogP contribution in [0.2, 0.25) is 0 Å². The van der Waals surface area contributed by atoms with Crippen molar-refractivity contribution in [2.24, 2.45) is 0 Å². The molecule has 0 aliphatic heterocycles. The van der Waals surface area contributed by atoms with E-state index in [2.05, 4.69) is 15.5 Å². The van der Waals surface area contributed by atoms with Gasteiger partial charge in [0.05, 0.1) is 25.5 Å². The number of carbonyl (C=O) groups excluding carboxylic acids is 1. The summed E-state index contributed by atoms with van der Waals surface area (Å²) in [6.07, 6.45) is 0.356. The molecule has 0 saturated carbocycles. The van der Waals surface area contributed by atoms with Gasteiger partial charge in [0.1, 0.15) is 0 Å². The maximum Gasteiger partial charge on any atom is 0.335 e. The molecule has 0 bridgehead atoms. The van der Waals surface area contributed by atoms with Crippen LogP contribution >= 0.6 is 0 Å². The van der Waals surface area contributed by atoms with E-state index in [1.807, 2.05) is 0 Å². The second kappa shape index (κ2) is 7.44. The average molecular weight is 335 g/mol. The number of ether oxygens (including phenoxy) is 2. The number of rotatable bonds is 7. The van der Waals surface area contributed by atoms with E-state index in [-0.39, 0.29) is 41.5 Å². The summed E-state index contributed by atoms with van der Waals surface area (Å²) in [5.74, 6) is -0.205. The summed E-state index contributed by atoms with van der Waals surface area (Å²) < 4.78 is 15.2. The zero-order valence-electron chi connectivity index (χ0n) is 13.5. The molecule has 24 heavy (non-hydrogen) atoms. The van der Waals surface area contributed by atoms with Gasteiger partial charge < -0.3 is 24.4 Å². The molecule has 2 N–H and O–H groups in total. The third kappa shape index (κ3) is 4.00. The molecule has 0 fully saturated rings. The Morgan fingerprint density at radius 3 is 2.58 bits per heavy atom. The van der Waals surface area contributed by atoms with E-state index < -0.39 is 5.97 Å². The van der Waals surface area contributed by atoms with Crippen LogP contribution in [0.15, 0.2) is 16.7 Å². The highest BCUT2D eigenvalue weighted by atomic mass is 16.5. The number of anilines is 1. The van der Waals surface area contributed by atoms with Crippen LogP contribution in [0.4, 0.5) is 5.69 Å². The summed E-state index contributed by atoms with van der Waals surface area (Å²) in [6, 6.07) is 2.62. The van der Waals surface area contributed by atoms with Gasteiger partial charge in [-0.3, -0.25) is 4.79 Å². The van der Waals surface area contributed by atoms with Crippen LogP contribution in [0.3, 0.4) is 0 Å². The second-order valence-corrected chi connectivity index (χ2v) is 4.85. The summed E-state index contributed by atoms with van der Waals surface area (Å²) >= 11 is 0. The second-order valence-electron chi connectivity index (χ2n) is 4.85. The molecule has 0 aliphatic rings. The molecular weight excluding hydrogens is 318 g/mol. The lowest BCUT2D eigenvalue weighted by atomic mass is 10.1. The SMILES string of the molecule is COc1cc(C(=O)O)cc(NC(=O)CCc2nc(C)no2)c1OC. The molecule has 0 unspecified atom stereocenters. The van der Waals surface area contributed by atoms with E-state index in [0.717, 1.165) is 0 Å². The molecule has 1 aromatic heterocycles. The number of aromatic carboxylic acids is 1. The number of hydrogen-bond donors (Lipinski definition) is 2. The van der Waals surface area contributed by atoms with Crippen molar-refractivity contribution in [1.29, 1.82) is 0 Å². The molecule has 0 radical (unpaired) electrons. The fourth-order valence-corrected chi connectivity index (χ4v) is 2.06. The van der Waals surface area contributed by atoms with Crippen LogP contribution in [-0.2, 0) is 11.2 Å². The first kappa shape index (κ1) is 17.3. The van der Waals surface area contributed by atoms with Gasteiger partial charge in [-0.15, -0.1) is 0 Å². The van der Waals surface area contributed by atoms with Crippen molar-refractivity contribution >= 4 is 17.6 Å². The van der Waals surface area contributed by atoms with Gasteiger partial charge in [-0.05, 0) is 19.1 Å². The molecule has 0 atom stereocenters. The van der Waals surface area contributed by atoms with Crippen molar-refractivity contribution in [2.45, 2.75) is 19.8 Å². The topological polar surface area (TPSA) is 124 Å². The quantitative estimate of drug-likeness (QED) is 0.783. The first-order valence-corrected chi connectivity index (χ1v) is 7.03. The van der Waals surface area contributed by atoms with Crippen molar-refractivity contribution in [3.05, 3.63) is 29.4 Å². The molecule has 1 heterocycles. The minimum Gasteiger partial charge on any atom is -0.493 e. The Morgan fingerprint density at radius 2 is 2.04 bits per heavy atom. The average Bonchev–Trinajstić information content (AvgIpc) is 2.97. The third-order valence-corrected chi connectivity index (χ3v) is 3.14. The molecule has 128 valence electrons. The Morgan fingerprint density at radius 1 is 1.29 bits per heavy atom. The summed E-state index contributed by atoms with van der Waals surface area (Å²) in [5, 5.41) is 15.4. The van der Waals surface area contributed by atoms with E-state index in [0.29, 0.717) is 11.7 Å². The highest BCUT2D eigenvalue weighted by Gasteiger charge is 2.18. The number of carboxylic acids is 1. The van der Waals surface area contributed by atoms with Gasteiger partial charge in [-0.1, -0.05) is 5.16 Å². The Bertz CT molecular complexity index is 756. The van der Waals surface area contributed by atoms with E-state index in [9.17, 15) is 9.59 Å². The van der Waals surface area contributed by atoms with Crippen LogP contribution in [-0.4, -0.2) is 41.3 Å². The van der Waals surface area contributed by atoms with Gasteiger partial charge >= 0.3 is 5.97 Å². The highest BCUT2D eigenvalue weighted by Crippen LogP contribution is 2.36. The number of aryl methyl sites for hydroxylation is 2. The van der Waals surface area contributed by atoms with Gasteiger partial charge in [0.25, 0.3) is 0 Å². The minimum atomic E-state index is -1.15. The third-order valence-electron chi connectivity index (χ3n) is 3.14. The molecule has 0 spiro atoms. The predicted octanol–water partition coefficient (Wildman–Crippen LogP) is 1.66. The zero-order valence-corrected chi connectivity index (χ0v) is 13.5. The lowest BCUT2D eigenvalue weighted by molar-refractivity contribution is -0.116. The van der Waals surface area contributed by atoms with E-state index in [1.54, 1.807) is 6.92 Å². The lowest BCUT2D eigenvalue weighted by Gasteiger charge is -2.14. The van der Waals surface area contributed by atoms with E-state index in [1.165, 1.54) is 26.4 Å². The molecule has 2 aromatic rings. The van der Waals surface area contributed by atoms with Crippen LogP contribution in [0, 0.1) is 6.92 Å². The van der Waals surface area contributed by atoms with Gasteiger partial charge in [0.15, 0.2) is 17.3 Å². The standard InChI is InChI=1S/C15H17N3O6/c1-8-16-13(24-18-8)5-4-12(19)17-10-6-9(15(20)21)7-11(22-2)14(10)23-3/h6-7H,4-5H2,1-3H3,(H,17,19)(H,20,21). The van der Waals surface area contributed by atoms with Crippen LogP contribution in [0.1, 0.15) is 28.5 Å². The largest absolute Gasteiger partial charge is 0.493 e. The van der Waals surface area contributed by atoms with Crippen molar-refractivity contribution in [1.82, 2.24) is 10.1 Å². The zero-order chi connectivity index (χ0) is 17.7. The summed E-state index contributed by atoms with van der Waals surface area (Å²) in [6.45, 7) is 1.68. The van der Waals surface area contributed by atoms with Gasteiger partial charge in [0, 0.05) is 12.8 Å². The molecule has 9 nitrogen and oxygen atoms in total. The molecule has 9 heteroatoms. The van der Waals surface area contributed by atoms with Crippen molar-refractivity contribution in [2.75, 3.05) is 19.5 Å². The number of nitrogens with one attached hydrogen (secondary N) is 1. The number of hydrogen-bond acceptors (Lipinski definition) is 7. The first-order chi connectivity index (χ1) is 11.4. The van der Waals surface area contributed by atoms with Gasteiger partial charge in [0.2, 0.25) is 11.8 Å². The molecule has 1 amide bonds. The number of amides is 1. The molecule has 2 rings (SSSR count). The highest BCUT2D eigenvalue weighted by molar-refractivity contribution is 5.96. The number of benzene rings is 1. The number of carboxylic acid groups (broad SMARTS) is 1. The molecular formula is C15H17N3O6. The van der Waals surface area contributed by atoms with Gasteiger partial charge in [-0.2, -0.15) is 4.98 Å². The minimum absolute atomic E-state index is 0.0320. The van der Waals surface area contributed by atoms with Crippen LogP contribution < -0.4 is 14.8 Å². The predicted molar refractivity (Wildman–Crippen MR) is 82.5 cm³/mol. The summed E-state index contributed by atoms with van der Waals surface area (Å²) in [7, 11) is 2.78. The van der Waals surface area contributed by atoms with Gasteiger partial charge in [-0.25, -0.2) is 4.79 Å². The molecule has 1 aromatic carbocycles. The van der Waals surface area contributed by atoms with E-state index in [4.69, 9.17) is 19.1 Å². The first-order valence-electron chi connectivity index (χ1n) is 7.03. The monoisotopic (exact) mass is 335 g/mol. The number of aromatic nitrogens is 2. The maximum absolute atomic E-state index is 12.1. The number of methoxy groups -OCH3 is 2. The van der Waals surface area contributed by atoms with Crippen molar-refractivity contribution < 1.29 is 28.7 Å². The fourth-order valence-electron chi connectivity index (χ4n) is 2.06. The number of carbonyl (C=O) groups is 2. The summed E-state index contributed by atoms with van der Waals surface area (Å²) in [4.78, 5) is 27.3. The number of nitrogens with zero attached hydrogens (tertiary/aromatic N) is 2. The molecule has 0 aliphatic carbocycles. The van der Waals surface area contributed by atoms with Crippen molar-refractivity contribution in [3.63, 3.8) is 0 Å². The smallest absolute Gasteiger partial charge is 0.335 e. The van der Waals surface area contributed by atoms with E-state index >= 15 is 0 Å². The fraction of sp³-hybridized carbons (Fsp3) is 0.333. The lowest BCUT2D eigenvalue weighted by Crippen LogP contribution is -2.14.